The van der Waals surface area contributed by atoms with Gasteiger partial charge in [-0.1, -0.05) is 11.8 Å². The molecule has 1 amide bonds. The minimum absolute atomic E-state index is 0.194. The van der Waals surface area contributed by atoms with Crippen LogP contribution in [0.15, 0.2) is 46.2 Å². The standard InChI is InChI=1S/C17H17FN4O2S/c1-10-14(8-9-24-10)15-20-21-17(22(15)3)25-11(2)16(23)19-13-6-4-12(18)5-7-13/h4-9,11H,1-3H3,(H,19,23)/t11-/m0/s1. The van der Waals surface area contributed by atoms with Crippen LogP contribution in [0.1, 0.15) is 12.7 Å². The van der Waals surface area contributed by atoms with Gasteiger partial charge in [-0.15, -0.1) is 10.2 Å². The van der Waals surface area contributed by atoms with Crippen molar-refractivity contribution in [3.05, 3.63) is 48.2 Å². The van der Waals surface area contributed by atoms with Crippen molar-refractivity contribution in [1.82, 2.24) is 14.8 Å². The lowest BCUT2D eigenvalue weighted by molar-refractivity contribution is -0.115. The highest BCUT2D eigenvalue weighted by Crippen LogP contribution is 2.28. The van der Waals surface area contributed by atoms with Gasteiger partial charge in [-0.3, -0.25) is 4.79 Å². The number of aryl methyl sites for hydroxylation is 1. The van der Waals surface area contributed by atoms with Crippen LogP contribution in [-0.4, -0.2) is 25.9 Å². The zero-order valence-electron chi connectivity index (χ0n) is 14.0. The summed E-state index contributed by atoms with van der Waals surface area (Å²) in [5.41, 5.74) is 1.41. The van der Waals surface area contributed by atoms with E-state index in [1.807, 2.05) is 24.6 Å². The Morgan fingerprint density at radius 2 is 2.00 bits per heavy atom. The lowest BCUT2D eigenvalue weighted by Gasteiger charge is -2.11. The molecule has 0 fully saturated rings. The first kappa shape index (κ1) is 17.2. The van der Waals surface area contributed by atoms with Crippen LogP contribution in [0, 0.1) is 12.7 Å². The Hall–Kier alpha value is -2.61. The predicted molar refractivity (Wildman–Crippen MR) is 93.8 cm³/mol. The molecule has 0 saturated heterocycles. The molecular weight excluding hydrogens is 343 g/mol. The van der Waals surface area contributed by atoms with E-state index >= 15 is 0 Å². The fourth-order valence-electron chi connectivity index (χ4n) is 2.26. The molecule has 6 nitrogen and oxygen atoms in total. The van der Waals surface area contributed by atoms with Gasteiger partial charge in [-0.05, 0) is 44.2 Å². The first-order valence-corrected chi connectivity index (χ1v) is 8.50. The highest BCUT2D eigenvalue weighted by molar-refractivity contribution is 8.00. The van der Waals surface area contributed by atoms with Gasteiger partial charge in [0.1, 0.15) is 11.6 Å². The molecule has 25 heavy (non-hydrogen) atoms. The second-order valence-corrected chi connectivity index (χ2v) is 6.82. The zero-order valence-corrected chi connectivity index (χ0v) is 14.8. The average molecular weight is 360 g/mol. The Bertz CT molecular complexity index is 888. The van der Waals surface area contributed by atoms with Gasteiger partial charge in [0, 0.05) is 12.7 Å². The van der Waals surface area contributed by atoms with Crippen LogP contribution >= 0.6 is 11.8 Å². The SMILES string of the molecule is Cc1occc1-c1nnc(S[C@@H](C)C(=O)Nc2ccc(F)cc2)n1C. The molecule has 0 radical (unpaired) electrons. The normalized spacial score (nSPS) is 12.2. The summed E-state index contributed by atoms with van der Waals surface area (Å²) >= 11 is 1.30. The number of anilines is 1. The first-order chi connectivity index (χ1) is 12.0. The van der Waals surface area contributed by atoms with E-state index in [1.165, 1.54) is 36.0 Å². The van der Waals surface area contributed by atoms with Gasteiger partial charge in [0.05, 0.1) is 17.1 Å². The first-order valence-electron chi connectivity index (χ1n) is 7.62. The van der Waals surface area contributed by atoms with E-state index in [1.54, 1.807) is 13.2 Å². The van der Waals surface area contributed by atoms with Gasteiger partial charge >= 0.3 is 0 Å². The lowest BCUT2D eigenvalue weighted by atomic mass is 10.2. The Morgan fingerprint density at radius 1 is 1.28 bits per heavy atom. The fraction of sp³-hybridized carbons (Fsp3) is 0.235. The van der Waals surface area contributed by atoms with Gasteiger partial charge in [0.15, 0.2) is 11.0 Å². The van der Waals surface area contributed by atoms with Crippen molar-refractivity contribution in [1.29, 1.82) is 0 Å². The number of hydrogen-bond acceptors (Lipinski definition) is 5. The third-order valence-electron chi connectivity index (χ3n) is 3.70. The maximum atomic E-state index is 12.9. The molecule has 8 heteroatoms. The monoisotopic (exact) mass is 360 g/mol. The van der Waals surface area contributed by atoms with Gasteiger partial charge in [0.25, 0.3) is 0 Å². The highest BCUT2D eigenvalue weighted by Gasteiger charge is 2.20. The van der Waals surface area contributed by atoms with Crippen molar-refractivity contribution in [2.24, 2.45) is 7.05 Å². The van der Waals surface area contributed by atoms with Crippen molar-refractivity contribution in [2.45, 2.75) is 24.3 Å². The third kappa shape index (κ3) is 3.74. The molecule has 0 saturated carbocycles. The predicted octanol–water partition coefficient (Wildman–Crippen LogP) is 3.64. The van der Waals surface area contributed by atoms with Crippen LogP contribution in [0.4, 0.5) is 10.1 Å². The number of benzene rings is 1. The Kier molecular flexibility index (Phi) is 4.89. The molecule has 0 bridgehead atoms. The summed E-state index contributed by atoms with van der Waals surface area (Å²) in [4.78, 5) is 12.3. The van der Waals surface area contributed by atoms with E-state index < -0.39 is 5.25 Å². The number of rotatable bonds is 5. The van der Waals surface area contributed by atoms with E-state index in [4.69, 9.17) is 4.42 Å². The number of aromatic nitrogens is 3. The van der Waals surface area contributed by atoms with Crippen LogP contribution in [-0.2, 0) is 11.8 Å². The largest absolute Gasteiger partial charge is 0.469 e. The van der Waals surface area contributed by atoms with Crippen molar-refractivity contribution in [3.8, 4) is 11.4 Å². The molecule has 0 aliphatic rings. The van der Waals surface area contributed by atoms with E-state index in [0.717, 1.165) is 11.3 Å². The summed E-state index contributed by atoms with van der Waals surface area (Å²) in [7, 11) is 1.84. The van der Waals surface area contributed by atoms with Crippen LogP contribution in [0.5, 0.6) is 0 Å². The molecule has 1 atom stereocenters. The van der Waals surface area contributed by atoms with Crippen molar-refractivity contribution in [2.75, 3.05) is 5.32 Å². The molecule has 0 unspecified atom stereocenters. The summed E-state index contributed by atoms with van der Waals surface area (Å²) in [5.74, 6) is 0.899. The van der Waals surface area contributed by atoms with E-state index in [2.05, 4.69) is 15.5 Å². The van der Waals surface area contributed by atoms with Crippen LogP contribution in [0.2, 0.25) is 0 Å². The van der Waals surface area contributed by atoms with E-state index in [-0.39, 0.29) is 11.7 Å². The molecule has 1 N–H and O–H groups in total. The van der Waals surface area contributed by atoms with Gasteiger partial charge in [-0.2, -0.15) is 0 Å². The summed E-state index contributed by atoms with van der Waals surface area (Å²) in [6.07, 6.45) is 1.60. The molecule has 130 valence electrons. The average Bonchev–Trinajstić information content (AvgIpc) is 3.16. The van der Waals surface area contributed by atoms with Crippen LogP contribution in [0.3, 0.4) is 0 Å². The molecule has 1 aromatic carbocycles. The molecule has 0 aliphatic heterocycles. The molecular formula is C17H17FN4O2S. The number of nitrogens with zero attached hydrogens (tertiary/aromatic N) is 3. The summed E-state index contributed by atoms with van der Waals surface area (Å²) in [6.45, 7) is 3.64. The van der Waals surface area contributed by atoms with Crippen LogP contribution in [0.25, 0.3) is 11.4 Å². The van der Waals surface area contributed by atoms with E-state index in [9.17, 15) is 9.18 Å². The minimum Gasteiger partial charge on any atom is -0.469 e. The number of halogens is 1. The maximum Gasteiger partial charge on any atom is 0.237 e. The molecule has 0 spiro atoms. The zero-order chi connectivity index (χ0) is 18.0. The summed E-state index contributed by atoms with van der Waals surface area (Å²) in [6, 6.07) is 7.48. The minimum atomic E-state index is -0.397. The molecule has 2 aromatic heterocycles. The molecule has 3 aromatic rings. The Morgan fingerprint density at radius 3 is 2.64 bits per heavy atom. The second-order valence-electron chi connectivity index (χ2n) is 5.51. The quantitative estimate of drug-likeness (QED) is 0.703. The third-order valence-corrected chi connectivity index (χ3v) is 4.83. The number of amides is 1. The Labute approximate surface area is 148 Å². The highest BCUT2D eigenvalue weighted by atomic mass is 32.2. The van der Waals surface area contributed by atoms with Gasteiger partial charge < -0.3 is 14.3 Å². The molecule has 2 heterocycles. The van der Waals surface area contributed by atoms with Gasteiger partial charge in [0.2, 0.25) is 5.91 Å². The number of carbonyl (C=O) groups is 1. The summed E-state index contributed by atoms with van der Waals surface area (Å²) < 4.78 is 20.0. The van der Waals surface area contributed by atoms with Crippen molar-refractivity contribution < 1.29 is 13.6 Å². The summed E-state index contributed by atoms with van der Waals surface area (Å²) in [5, 5.41) is 11.3. The number of thioether (sulfide) groups is 1. The lowest BCUT2D eigenvalue weighted by Crippen LogP contribution is -2.22. The van der Waals surface area contributed by atoms with Crippen molar-refractivity contribution >= 4 is 23.4 Å². The number of furan rings is 1. The second kappa shape index (κ2) is 7.10. The Balaban J connectivity index is 1.69. The molecule has 3 rings (SSSR count). The fourth-order valence-corrected chi connectivity index (χ4v) is 3.07. The topological polar surface area (TPSA) is 72.9 Å². The van der Waals surface area contributed by atoms with E-state index in [0.29, 0.717) is 16.7 Å². The van der Waals surface area contributed by atoms with Crippen LogP contribution < -0.4 is 5.32 Å². The number of nitrogens with one attached hydrogen (secondary N) is 1. The maximum absolute atomic E-state index is 12.9. The number of hydrogen-bond donors (Lipinski definition) is 1. The smallest absolute Gasteiger partial charge is 0.237 e. The molecule has 0 aliphatic carbocycles. The number of carbonyl (C=O) groups excluding carboxylic acids is 1. The van der Waals surface area contributed by atoms with Crippen molar-refractivity contribution in [3.63, 3.8) is 0 Å². The van der Waals surface area contributed by atoms with Gasteiger partial charge in [-0.25, -0.2) is 4.39 Å².